The molecular formula is C23H30N6O. The Morgan fingerprint density at radius 2 is 2.00 bits per heavy atom. The first-order valence-corrected chi connectivity index (χ1v) is 10.6. The highest BCUT2D eigenvalue weighted by atomic mass is 16.2. The number of piperidine rings is 1. The number of aromatic amines is 1. The molecule has 1 amide bonds. The van der Waals surface area contributed by atoms with Crippen molar-refractivity contribution in [2.45, 2.75) is 45.1 Å². The minimum Gasteiger partial charge on any atom is -0.376 e. The van der Waals surface area contributed by atoms with Gasteiger partial charge in [-0.25, -0.2) is 9.97 Å². The number of amides is 1. The minimum atomic E-state index is 0.0104. The number of benzene rings is 1. The number of carbonyl (C=O) groups is 1. The van der Waals surface area contributed by atoms with Crippen LogP contribution in [0.25, 0.3) is 11.0 Å². The molecule has 158 valence electrons. The Balaban J connectivity index is 1.32. The third-order valence-electron chi connectivity index (χ3n) is 5.62. The van der Waals surface area contributed by atoms with Crippen molar-refractivity contribution in [2.75, 3.05) is 29.9 Å². The van der Waals surface area contributed by atoms with E-state index in [9.17, 15) is 4.79 Å². The molecule has 2 aromatic heterocycles. The van der Waals surface area contributed by atoms with E-state index in [-0.39, 0.29) is 23.9 Å². The van der Waals surface area contributed by atoms with Crippen LogP contribution >= 0.6 is 0 Å². The zero-order valence-electron chi connectivity index (χ0n) is 17.9. The first kappa shape index (κ1) is 20.2. The second-order valence-corrected chi connectivity index (χ2v) is 8.97. The molecule has 1 aromatic carbocycles. The van der Waals surface area contributed by atoms with Gasteiger partial charge in [0.1, 0.15) is 17.8 Å². The summed E-state index contributed by atoms with van der Waals surface area (Å²) in [5.41, 5.74) is 3.20. The Morgan fingerprint density at radius 3 is 2.77 bits per heavy atom. The molecule has 0 bridgehead atoms. The van der Waals surface area contributed by atoms with Crippen molar-refractivity contribution in [3.05, 3.63) is 48.4 Å². The predicted octanol–water partition coefficient (Wildman–Crippen LogP) is 3.45. The van der Waals surface area contributed by atoms with E-state index in [1.807, 2.05) is 24.4 Å². The number of hydrogen-bond acceptors (Lipinski definition) is 5. The fourth-order valence-electron chi connectivity index (χ4n) is 3.95. The highest BCUT2D eigenvalue weighted by Gasteiger charge is 2.24. The minimum absolute atomic E-state index is 0.0104. The fourth-order valence-corrected chi connectivity index (χ4v) is 3.95. The van der Waals surface area contributed by atoms with Crippen LogP contribution in [0.5, 0.6) is 0 Å². The molecule has 7 nitrogen and oxygen atoms in total. The van der Waals surface area contributed by atoms with Gasteiger partial charge in [-0.3, -0.25) is 4.79 Å². The van der Waals surface area contributed by atoms with Crippen molar-refractivity contribution in [3.8, 4) is 0 Å². The maximum absolute atomic E-state index is 12.5. The number of rotatable bonds is 5. The lowest BCUT2D eigenvalue weighted by molar-refractivity contribution is -0.120. The van der Waals surface area contributed by atoms with Crippen molar-refractivity contribution >= 4 is 28.4 Å². The van der Waals surface area contributed by atoms with E-state index in [0.29, 0.717) is 0 Å². The Labute approximate surface area is 177 Å². The topological polar surface area (TPSA) is 85.9 Å². The average molecular weight is 407 g/mol. The number of carbonyl (C=O) groups excluding carboxylic acids is 1. The molecule has 3 heterocycles. The lowest BCUT2D eigenvalue weighted by Crippen LogP contribution is -2.49. The van der Waals surface area contributed by atoms with Crippen molar-refractivity contribution in [2.24, 2.45) is 0 Å². The van der Waals surface area contributed by atoms with Crippen LogP contribution in [-0.4, -0.2) is 46.5 Å². The number of hydrogen-bond donors (Lipinski definition) is 3. The lowest BCUT2D eigenvalue weighted by Gasteiger charge is -2.34. The highest BCUT2D eigenvalue weighted by molar-refractivity contribution is 5.87. The van der Waals surface area contributed by atoms with Gasteiger partial charge in [0.25, 0.3) is 0 Å². The summed E-state index contributed by atoms with van der Waals surface area (Å²) in [6.07, 6.45) is 5.46. The zero-order valence-corrected chi connectivity index (χ0v) is 17.9. The van der Waals surface area contributed by atoms with Gasteiger partial charge in [-0.2, -0.15) is 0 Å². The summed E-state index contributed by atoms with van der Waals surface area (Å²) in [5.74, 6) is 0.938. The Kier molecular flexibility index (Phi) is 5.61. The first-order chi connectivity index (χ1) is 14.4. The fraction of sp³-hybridized carbons (Fsp3) is 0.435. The molecule has 1 aliphatic heterocycles. The normalized spacial score (nSPS) is 17.2. The molecule has 0 spiro atoms. The summed E-state index contributed by atoms with van der Waals surface area (Å²) in [5, 5.41) is 7.42. The molecule has 0 aliphatic carbocycles. The van der Waals surface area contributed by atoms with Crippen molar-refractivity contribution in [1.29, 1.82) is 0 Å². The quantitative estimate of drug-likeness (QED) is 0.604. The molecule has 7 heteroatoms. The number of nitrogens with one attached hydrogen (secondary N) is 3. The Hall–Kier alpha value is -3.09. The van der Waals surface area contributed by atoms with Gasteiger partial charge in [-0.1, -0.05) is 32.9 Å². The average Bonchev–Trinajstić information content (AvgIpc) is 3.21. The summed E-state index contributed by atoms with van der Waals surface area (Å²) >= 11 is 0. The molecule has 30 heavy (non-hydrogen) atoms. The molecule has 1 fully saturated rings. The second kappa shape index (κ2) is 8.34. The molecule has 1 aliphatic rings. The van der Waals surface area contributed by atoms with E-state index >= 15 is 0 Å². The van der Waals surface area contributed by atoms with Crippen LogP contribution in [0.15, 0.2) is 42.9 Å². The number of H-pyrrole nitrogens is 1. The SMILES string of the molecule is CC(C)(C)c1ccc(NCC(=O)N[C@H]2CCCN(c3ncnc4[nH]ccc34)C2)cc1. The van der Waals surface area contributed by atoms with Crippen LogP contribution in [-0.2, 0) is 10.2 Å². The van der Waals surface area contributed by atoms with Gasteiger partial charge in [0.05, 0.1) is 11.9 Å². The Bertz CT molecular complexity index is 1000. The van der Waals surface area contributed by atoms with E-state index in [4.69, 9.17) is 0 Å². The maximum Gasteiger partial charge on any atom is 0.239 e. The molecule has 3 N–H and O–H groups in total. The van der Waals surface area contributed by atoms with Gasteiger partial charge in [0, 0.05) is 31.0 Å². The Morgan fingerprint density at radius 1 is 1.20 bits per heavy atom. The molecule has 3 aromatic rings. The van der Waals surface area contributed by atoms with Crippen LogP contribution in [0.1, 0.15) is 39.2 Å². The van der Waals surface area contributed by atoms with Gasteiger partial charge < -0.3 is 20.5 Å². The summed E-state index contributed by atoms with van der Waals surface area (Å²) in [6, 6.07) is 10.4. The van der Waals surface area contributed by atoms with E-state index in [1.165, 1.54) is 5.56 Å². The number of aromatic nitrogens is 3. The van der Waals surface area contributed by atoms with E-state index in [0.717, 1.165) is 48.5 Å². The maximum atomic E-state index is 12.5. The van der Waals surface area contributed by atoms with Crippen LogP contribution in [0, 0.1) is 0 Å². The first-order valence-electron chi connectivity index (χ1n) is 10.6. The zero-order chi connectivity index (χ0) is 21.1. The van der Waals surface area contributed by atoms with Crippen LogP contribution in [0.4, 0.5) is 11.5 Å². The van der Waals surface area contributed by atoms with Crippen molar-refractivity contribution in [3.63, 3.8) is 0 Å². The van der Waals surface area contributed by atoms with E-state index in [1.54, 1.807) is 6.33 Å². The molecule has 1 atom stereocenters. The number of anilines is 2. The molecule has 0 unspecified atom stereocenters. The third kappa shape index (κ3) is 4.56. The summed E-state index contributed by atoms with van der Waals surface area (Å²) in [4.78, 5) is 26.6. The number of nitrogens with zero attached hydrogens (tertiary/aromatic N) is 3. The van der Waals surface area contributed by atoms with E-state index < -0.39 is 0 Å². The van der Waals surface area contributed by atoms with Gasteiger partial charge in [0.15, 0.2) is 0 Å². The predicted molar refractivity (Wildman–Crippen MR) is 121 cm³/mol. The van der Waals surface area contributed by atoms with Crippen molar-refractivity contribution in [1.82, 2.24) is 20.3 Å². The smallest absolute Gasteiger partial charge is 0.239 e. The summed E-state index contributed by atoms with van der Waals surface area (Å²) in [7, 11) is 0. The molecule has 4 rings (SSSR count). The van der Waals surface area contributed by atoms with Crippen LogP contribution < -0.4 is 15.5 Å². The summed E-state index contributed by atoms with van der Waals surface area (Å²) < 4.78 is 0. The lowest BCUT2D eigenvalue weighted by atomic mass is 9.87. The van der Waals surface area contributed by atoms with Gasteiger partial charge >= 0.3 is 0 Å². The van der Waals surface area contributed by atoms with Gasteiger partial charge in [-0.05, 0) is 42.0 Å². The monoisotopic (exact) mass is 406 g/mol. The largest absolute Gasteiger partial charge is 0.376 e. The second-order valence-electron chi connectivity index (χ2n) is 8.97. The molecular weight excluding hydrogens is 376 g/mol. The highest BCUT2D eigenvalue weighted by Crippen LogP contribution is 2.25. The molecule has 0 saturated carbocycles. The third-order valence-corrected chi connectivity index (χ3v) is 5.62. The summed E-state index contributed by atoms with van der Waals surface area (Å²) in [6.45, 7) is 8.53. The van der Waals surface area contributed by atoms with Gasteiger partial charge in [0.2, 0.25) is 5.91 Å². The van der Waals surface area contributed by atoms with Crippen molar-refractivity contribution < 1.29 is 4.79 Å². The van der Waals surface area contributed by atoms with Crippen LogP contribution in [0.2, 0.25) is 0 Å². The van der Waals surface area contributed by atoms with E-state index in [2.05, 4.69) is 63.4 Å². The van der Waals surface area contributed by atoms with Crippen LogP contribution in [0.3, 0.4) is 0 Å². The van der Waals surface area contributed by atoms with Gasteiger partial charge in [-0.15, -0.1) is 0 Å². The number of fused-ring (bicyclic) bond motifs is 1. The molecule has 1 saturated heterocycles. The molecule has 0 radical (unpaired) electrons. The standard InChI is InChI=1S/C23H30N6O/c1-23(2,3)16-6-8-17(9-7-16)25-13-20(30)28-18-5-4-12-29(14-18)22-19-10-11-24-21(19)26-15-27-22/h6-11,15,18,25H,4-5,12-14H2,1-3H3,(H,28,30)(H,24,26,27)/t18-/m0/s1.